The first-order valence-electron chi connectivity index (χ1n) is 10.5. The largest absolute Gasteiger partial charge is 0.356 e. The van der Waals surface area contributed by atoms with Crippen LogP contribution in [0.3, 0.4) is 0 Å². The summed E-state index contributed by atoms with van der Waals surface area (Å²) in [4.78, 5) is 31.2. The summed E-state index contributed by atoms with van der Waals surface area (Å²) < 4.78 is 0. The summed E-state index contributed by atoms with van der Waals surface area (Å²) in [5.41, 5.74) is 2.54. The van der Waals surface area contributed by atoms with Gasteiger partial charge in [0.2, 0.25) is 11.8 Å². The van der Waals surface area contributed by atoms with Crippen molar-refractivity contribution in [2.45, 2.75) is 26.2 Å². The molecule has 1 heterocycles. The molecule has 2 amide bonds. The van der Waals surface area contributed by atoms with Crippen molar-refractivity contribution in [3.8, 4) is 0 Å². The number of guanidine groups is 1. The van der Waals surface area contributed by atoms with Gasteiger partial charge in [0, 0.05) is 26.7 Å². The second-order valence-corrected chi connectivity index (χ2v) is 8.52. The summed E-state index contributed by atoms with van der Waals surface area (Å²) in [6.07, 6.45) is 5.22. The smallest absolute Gasteiger partial charge is 0.233 e. The quantitative estimate of drug-likeness (QED) is 0.335. The van der Waals surface area contributed by atoms with E-state index in [0.29, 0.717) is 25.0 Å². The molecular weight excluding hydrogens is 364 g/mol. The van der Waals surface area contributed by atoms with Crippen LogP contribution >= 0.6 is 0 Å². The average Bonchev–Trinajstić information content (AvgIpc) is 3.39. The van der Waals surface area contributed by atoms with Gasteiger partial charge >= 0.3 is 0 Å². The molecule has 5 atom stereocenters. The Morgan fingerprint density at radius 3 is 2.48 bits per heavy atom. The highest BCUT2D eigenvalue weighted by Crippen LogP contribution is 2.52. The van der Waals surface area contributed by atoms with E-state index in [4.69, 9.17) is 0 Å². The molecule has 1 saturated heterocycles. The summed E-state index contributed by atoms with van der Waals surface area (Å²) in [7, 11) is 1.73. The number of carbonyl (C=O) groups excluding carboxylic acids is 2. The third-order valence-corrected chi connectivity index (χ3v) is 6.60. The van der Waals surface area contributed by atoms with Gasteiger partial charge in [-0.3, -0.25) is 19.5 Å². The average molecular weight is 395 g/mol. The predicted molar refractivity (Wildman–Crippen MR) is 113 cm³/mol. The van der Waals surface area contributed by atoms with Crippen molar-refractivity contribution in [2.75, 3.05) is 26.7 Å². The minimum absolute atomic E-state index is 0.00895. The number of amides is 2. The molecule has 1 saturated carbocycles. The number of rotatable bonds is 6. The molecule has 4 rings (SSSR count). The summed E-state index contributed by atoms with van der Waals surface area (Å²) in [5, 5.41) is 6.58. The molecule has 6 heteroatoms. The molecule has 5 unspecified atom stereocenters. The Labute approximate surface area is 172 Å². The van der Waals surface area contributed by atoms with Gasteiger partial charge in [0.05, 0.1) is 11.8 Å². The first kappa shape index (κ1) is 19.7. The van der Waals surface area contributed by atoms with Gasteiger partial charge in [-0.05, 0) is 36.7 Å². The molecular formula is C23H30N4O2. The Morgan fingerprint density at radius 1 is 1.17 bits per heavy atom. The molecule has 1 aliphatic heterocycles. The second-order valence-electron chi connectivity index (χ2n) is 8.52. The van der Waals surface area contributed by atoms with Crippen LogP contribution < -0.4 is 10.6 Å². The van der Waals surface area contributed by atoms with E-state index in [2.05, 4.69) is 65.9 Å². The monoisotopic (exact) mass is 394 g/mol. The van der Waals surface area contributed by atoms with Gasteiger partial charge in [0.1, 0.15) is 0 Å². The first-order chi connectivity index (χ1) is 14.0. The van der Waals surface area contributed by atoms with Gasteiger partial charge in [-0.25, -0.2) is 0 Å². The van der Waals surface area contributed by atoms with Crippen LogP contribution in [0.15, 0.2) is 41.4 Å². The van der Waals surface area contributed by atoms with Gasteiger partial charge in [0.25, 0.3) is 0 Å². The highest BCUT2D eigenvalue weighted by molar-refractivity contribution is 6.06. The van der Waals surface area contributed by atoms with Gasteiger partial charge < -0.3 is 10.6 Å². The lowest BCUT2D eigenvalue weighted by atomic mass is 9.85. The molecule has 1 aromatic carbocycles. The standard InChI is InChI=1S/C23H30N4O2/c1-14-5-4-6-16(11-14)15(2)13-26-23(24-3)25-9-10-27-21(28)19-17-7-8-18(12-17)20(19)22(27)29/h4-8,11,15,17-20H,9-10,12-13H2,1-3H3,(H2,24,25,26). The first-order valence-corrected chi connectivity index (χ1v) is 10.5. The van der Waals surface area contributed by atoms with Crippen molar-refractivity contribution in [2.24, 2.45) is 28.7 Å². The highest BCUT2D eigenvalue weighted by atomic mass is 16.2. The van der Waals surface area contributed by atoms with Gasteiger partial charge in [0.15, 0.2) is 5.96 Å². The van der Waals surface area contributed by atoms with Crippen molar-refractivity contribution in [1.29, 1.82) is 0 Å². The summed E-state index contributed by atoms with van der Waals surface area (Å²) in [6.45, 7) is 5.92. The van der Waals surface area contributed by atoms with Crippen LogP contribution in [0.25, 0.3) is 0 Å². The van der Waals surface area contributed by atoms with Gasteiger partial charge in [-0.2, -0.15) is 0 Å². The Bertz CT molecular complexity index is 832. The number of nitrogens with one attached hydrogen (secondary N) is 2. The zero-order valence-electron chi connectivity index (χ0n) is 17.4. The molecule has 2 fully saturated rings. The number of carbonyl (C=O) groups is 2. The minimum atomic E-state index is -0.120. The number of nitrogens with zero attached hydrogens (tertiary/aromatic N) is 2. The van der Waals surface area contributed by atoms with E-state index in [1.807, 2.05) is 0 Å². The van der Waals surface area contributed by atoms with E-state index in [1.54, 1.807) is 7.05 Å². The number of allylic oxidation sites excluding steroid dienone is 2. The van der Waals surface area contributed by atoms with Crippen LogP contribution in [0.4, 0.5) is 0 Å². The third-order valence-electron chi connectivity index (χ3n) is 6.60. The second kappa shape index (κ2) is 8.01. The normalized spacial score (nSPS) is 28.8. The number of imide groups is 1. The molecule has 29 heavy (non-hydrogen) atoms. The Hall–Kier alpha value is -2.63. The van der Waals surface area contributed by atoms with E-state index in [0.717, 1.165) is 13.0 Å². The lowest BCUT2D eigenvalue weighted by Gasteiger charge is -2.20. The van der Waals surface area contributed by atoms with E-state index in [1.165, 1.54) is 16.0 Å². The third kappa shape index (κ3) is 3.68. The zero-order chi connectivity index (χ0) is 20.5. The van der Waals surface area contributed by atoms with Gasteiger partial charge in [-0.15, -0.1) is 0 Å². The minimum Gasteiger partial charge on any atom is -0.356 e. The number of hydrogen-bond donors (Lipinski definition) is 2. The van der Waals surface area contributed by atoms with Crippen molar-refractivity contribution in [3.63, 3.8) is 0 Å². The zero-order valence-corrected chi connectivity index (χ0v) is 17.4. The molecule has 2 aliphatic carbocycles. The SMILES string of the molecule is CN=C(NCCN1C(=O)C2C3C=CC(C3)C2C1=O)NCC(C)c1cccc(C)c1. The summed E-state index contributed by atoms with van der Waals surface area (Å²) in [5.74, 6) is 1.33. The lowest BCUT2D eigenvalue weighted by molar-refractivity contribution is -0.140. The Kier molecular flexibility index (Phi) is 5.43. The summed E-state index contributed by atoms with van der Waals surface area (Å²) in [6, 6.07) is 8.51. The number of benzene rings is 1. The molecule has 0 radical (unpaired) electrons. The Balaban J connectivity index is 1.25. The van der Waals surface area contributed by atoms with E-state index < -0.39 is 0 Å². The molecule has 2 N–H and O–H groups in total. The molecule has 2 bridgehead atoms. The topological polar surface area (TPSA) is 73.8 Å². The molecule has 0 spiro atoms. The van der Waals surface area contributed by atoms with Crippen LogP contribution in [-0.2, 0) is 9.59 Å². The molecule has 1 aromatic rings. The van der Waals surface area contributed by atoms with Gasteiger partial charge in [-0.1, -0.05) is 48.9 Å². The maximum atomic E-state index is 12.7. The van der Waals surface area contributed by atoms with Crippen LogP contribution in [0.1, 0.15) is 30.4 Å². The summed E-state index contributed by atoms with van der Waals surface area (Å²) >= 11 is 0. The van der Waals surface area contributed by atoms with Crippen LogP contribution in [-0.4, -0.2) is 49.4 Å². The fourth-order valence-corrected chi connectivity index (χ4v) is 5.04. The highest BCUT2D eigenvalue weighted by Gasteiger charge is 2.58. The number of aliphatic imine (C=N–C) groups is 1. The number of aryl methyl sites for hydroxylation is 1. The molecule has 0 aromatic heterocycles. The van der Waals surface area contributed by atoms with Crippen molar-refractivity contribution < 1.29 is 9.59 Å². The van der Waals surface area contributed by atoms with Crippen molar-refractivity contribution >= 4 is 17.8 Å². The number of likely N-dealkylation sites (tertiary alicyclic amines) is 1. The van der Waals surface area contributed by atoms with Crippen LogP contribution in [0.5, 0.6) is 0 Å². The molecule has 154 valence electrons. The molecule has 6 nitrogen and oxygen atoms in total. The van der Waals surface area contributed by atoms with E-state index in [9.17, 15) is 9.59 Å². The lowest BCUT2D eigenvalue weighted by Crippen LogP contribution is -2.44. The van der Waals surface area contributed by atoms with Crippen molar-refractivity contribution in [3.05, 3.63) is 47.5 Å². The maximum Gasteiger partial charge on any atom is 0.233 e. The van der Waals surface area contributed by atoms with E-state index in [-0.39, 0.29) is 35.5 Å². The molecule has 3 aliphatic rings. The Morgan fingerprint density at radius 2 is 1.86 bits per heavy atom. The van der Waals surface area contributed by atoms with E-state index >= 15 is 0 Å². The maximum absolute atomic E-state index is 12.7. The predicted octanol–water partition coefficient (Wildman–Crippen LogP) is 2.07. The number of hydrogen-bond acceptors (Lipinski definition) is 3. The fraction of sp³-hybridized carbons (Fsp3) is 0.522. The van der Waals surface area contributed by atoms with Crippen molar-refractivity contribution in [1.82, 2.24) is 15.5 Å². The van der Waals surface area contributed by atoms with Crippen LogP contribution in [0, 0.1) is 30.6 Å². The fourth-order valence-electron chi connectivity index (χ4n) is 5.04. The number of fused-ring (bicyclic) bond motifs is 5. The van der Waals surface area contributed by atoms with Crippen LogP contribution in [0.2, 0.25) is 0 Å².